The summed E-state index contributed by atoms with van der Waals surface area (Å²) >= 11 is 1.35. The summed E-state index contributed by atoms with van der Waals surface area (Å²) in [5, 5.41) is 5.06. The molecule has 0 spiro atoms. The molecule has 2 amide bonds. The zero-order chi connectivity index (χ0) is 17.1. The molecule has 1 aliphatic heterocycles. The van der Waals surface area contributed by atoms with Crippen LogP contribution in [0.15, 0.2) is 23.6 Å². The maximum atomic E-state index is 12.5. The molecule has 126 valence electrons. The molecule has 0 bridgehead atoms. The van der Waals surface area contributed by atoms with Crippen molar-refractivity contribution in [2.45, 2.75) is 0 Å². The molecular formula is C16H17N3O4S. The second-order valence-electron chi connectivity index (χ2n) is 5.16. The molecule has 0 atom stereocenters. The Morgan fingerprint density at radius 1 is 1.33 bits per heavy atom. The zero-order valence-electron chi connectivity index (χ0n) is 13.4. The third-order valence-corrected chi connectivity index (χ3v) is 4.56. The normalized spacial score (nSPS) is 14.2. The van der Waals surface area contributed by atoms with Crippen molar-refractivity contribution >= 4 is 23.2 Å². The molecule has 1 N–H and O–H groups in total. The summed E-state index contributed by atoms with van der Waals surface area (Å²) in [7, 11) is 3.13. The van der Waals surface area contributed by atoms with Gasteiger partial charge in [0.25, 0.3) is 5.91 Å². The van der Waals surface area contributed by atoms with Gasteiger partial charge < -0.3 is 19.7 Å². The molecule has 1 aliphatic rings. The van der Waals surface area contributed by atoms with E-state index in [0.717, 1.165) is 5.56 Å². The standard InChI is InChI=1S/C16H17N3O4S/c1-22-12-5-3-4-10(14(12)23-2)15-18-11(9-24-15)16(21)19-7-6-17-13(20)8-19/h3-5,9H,6-8H2,1-2H3,(H,17,20). The molecule has 8 heteroatoms. The van der Waals surface area contributed by atoms with Crippen molar-refractivity contribution in [1.82, 2.24) is 15.2 Å². The summed E-state index contributed by atoms with van der Waals surface area (Å²) < 4.78 is 10.7. The van der Waals surface area contributed by atoms with E-state index in [4.69, 9.17) is 9.47 Å². The summed E-state index contributed by atoms with van der Waals surface area (Å²) in [5.74, 6) is 0.783. The van der Waals surface area contributed by atoms with Crippen LogP contribution in [0.4, 0.5) is 0 Å². The fourth-order valence-electron chi connectivity index (χ4n) is 2.53. The van der Waals surface area contributed by atoms with E-state index in [9.17, 15) is 9.59 Å². The smallest absolute Gasteiger partial charge is 0.273 e. The number of carbonyl (C=O) groups excluding carboxylic acids is 2. The number of amides is 2. The number of rotatable bonds is 4. The largest absolute Gasteiger partial charge is 0.493 e. The lowest BCUT2D eigenvalue weighted by atomic mass is 10.2. The minimum atomic E-state index is -0.241. The fourth-order valence-corrected chi connectivity index (χ4v) is 3.34. The van der Waals surface area contributed by atoms with Gasteiger partial charge in [-0.1, -0.05) is 6.07 Å². The molecule has 2 heterocycles. The van der Waals surface area contributed by atoms with Gasteiger partial charge in [-0.15, -0.1) is 11.3 Å². The van der Waals surface area contributed by atoms with E-state index < -0.39 is 0 Å². The molecule has 0 radical (unpaired) electrons. The third kappa shape index (κ3) is 3.05. The van der Waals surface area contributed by atoms with Crippen LogP contribution in [-0.4, -0.2) is 55.6 Å². The van der Waals surface area contributed by atoms with Crippen LogP contribution >= 0.6 is 11.3 Å². The second kappa shape index (κ2) is 6.88. The lowest BCUT2D eigenvalue weighted by Crippen LogP contribution is -2.50. The number of hydrogen-bond donors (Lipinski definition) is 1. The van der Waals surface area contributed by atoms with Gasteiger partial charge >= 0.3 is 0 Å². The number of benzene rings is 1. The van der Waals surface area contributed by atoms with Gasteiger partial charge in [0.2, 0.25) is 5.91 Å². The van der Waals surface area contributed by atoms with Crippen molar-refractivity contribution in [3.63, 3.8) is 0 Å². The average molecular weight is 347 g/mol. The predicted octanol–water partition coefficient (Wildman–Crippen LogP) is 1.40. The number of hydrogen-bond acceptors (Lipinski definition) is 6. The van der Waals surface area contributed by atoms with Crippen LogP contribution in [0.3, 0.4) is 0 Å². The molecule has 1 fully saturated rings. The van der Waals surface area contributed by atoms with Gasteiger partial charge in [-0.25, -0.2) is 4.98 Å². The van der Waals surface area contributed by atoms with Crippen molar-refractivity contribution in [3.05, 3.63) is 29.3 Å². The zero-order valence-corrected chi connectivity index (χ0v) is 14.2. The molecule has 1 aromatic heterocycles. The van der Waals surface area contributed by atoms with Crippen LogP contribution in [-0.2, 0) is 4.79 Å². The van der Waals surface area contributed by atoms with Crippen LogP contribution < -0.4 is 14.8 Å². The van der Waals surface area contributed by atoms with Crippen LogP contribution in [0.5, 0.6) is 11.5 Å². The monoisotopic (exact) mass is 347 g/mol. The number of ether oxygens (including phenoxy) is 2. The molecule has 0 saturated carbocycles. The number of thiazole rings is 1. The summed E-state index contributed by atoms with van der Waals surface area (Å²) in [6, 6.07) is 5.51. The van der Waals surface area contributed by atoms with Gasteiger partial charge in [0.1, 0.15) is 10.7 Å². The van der Waals surface area contributed by atoms with Crippen molar-refractivity contribution in [3.8, 4) is 22.1 Å². The first-order chi connectivity index (χ1) is 11.6. The van der Waals surface area contributed by atoms with Gasteiger partial charge in [-0.3, -0.25) is 9.59 Å². The lowest BCUT2D eigenvalue weighted by molar-refractivity contribution is -0.123. The van der Waals surface area contributed by atoms with E-state index >= 15 is 0 Å². The summed E-state index contributed by atoms with van der Waals surface area (Å²) in [6.45, 7) is 1.01. The minimum Gasteiger partial charge on any atom is -0.493 e. The first-order valence-electron chi connectivity index (χ1n) is 7.37. The molecule has 0 aliphatic carbocycles. The number of carbonyl (C=O) groups is 2. The Balaban J connectivity index is 1.88. The van der Waals surface area contributed by atoms with E-state index in [1.165, 1.54) is 16.2 Å². The summed E-state index contributed by atoms with van der Waals surface area (Å²) in [6.07, 6.45) is 0. The van der Waals surface area contributed by atoms with Gasteiger partial charge in [0.05, 0.1) is 26.3 Å². The van der Waals surface area contributed by atoms with E-state index in [0.29, 0.717) is 35.3 Å². The van der Waals surface area contributed by atoms with E-state index in [-0.39, 0.29) is 18.4 Å². The molecule has 3 rings (SSSR count). The van der Waals surface area contributed by atoms with Crippen molar-refractivity contribution in [2.24, 2.45) is 0 Å². The number of nitrogens with zero attached hydrogens (tertiary/aromatic N) is 2. The van der Waals surface area contributed by atoms with Gasteiger partial charge in [0.15, 0.2) is 11.5 Å². The Labute approximate surface area is 143 Å². The first-order valence-corrected chi connectivity index (χ1v) is 8.25. The molecule has 7 nitrogen and oxygen atoms in total. The Morgan fingerprint density at radius 3 is 2.88 bits per heavy atom. The summed E-state index contributed by atoms with van der Waals surface area (Å²) in [4.78, 5) is 29.9. The average Bonchev–Trinajstić information content (AvgIpc) is 3.10. The number of nitrogens with one attached hydrogen (secondary N) is 1. The highest BCUT2D eigenvalue weighted by molar-refractivity contribution is 7.13. The first kappa shape index (κ1) is 16.3. The van der Waals surface area contributed by atoms with E-state index in [2.05, 4.69) is 10.3 Å². The van der Waals surface area contributed by atoms with Crippen molar-refractivity contribution in [2.75, 3.05) is 33.9 Å². The van der Waals surface area contributed by atoms with E-state index in [1.807, 2.05) is 12.1 Å². The van der Waals surface area contributed by atoms with Gasteiger partial charge in [-0.2, -0.15) is 0 Å². The van der Waals surface area contributed by atoms with Crippen molar-refractivity contribution in [1.29, 1.82) is 0 Å². The predicted molar refractivity (Wildman–Crippen MR) is 89.6 cm³/mol. The Bertz CT molecular complexity index is 774. The number of aromatic nitrogens is 1. The number of para-hydroxylation sites is 1. The molecule has 24 heavy (non-hydrogen) atoms. The molecule has 0 unspecified atom stereocenters. The van der Waals surface area contributed by atoms with E-state index in [1.54, 1.807) is 25.7 Å². The Kier molecular flexibility index (Phi) is 4.66. The van der Waals surface area contributed by atoms with Crippen LogP contribution in [0, 0.1) is 0 Å². The summed E-state index contributed by atoms with van der Waals surface area (Å²) in [5.41, 5.74) is 1.09. The van der Waals surface area contributed by atoms with Crippen LogP contribution in [0.1, 0.15) is 10.5 Å². The van der Waals surface area contributed by atoms with Gasteiger partial charge in [-0.05, 0) is 12.1 Å². The van der Waals surface area contributed by atoms with Gasteiger partial charge in [0, 0.05) is 18.5 Å². The Morgan fingerprint density at radius 2 is 2.17 bits per heavy atom. The van der Waals surface area contributed by atoms with Crippen LogP contribution in [0.25, 0.3) is 10.6 Å². The molecule has 1 aromatic carbocycles. The minimum absolute atomic E-state index is 0.0637. The quantitative estimate of drug-likeness (QED) is 0.904. The van der Waals surface area contributed by atoms with Crippen molar-refractivity contribution < 1.29 is 19.1 Å². The number of piperazine rings is 1. The highest BCUT2D eigenvalue weighted by Gasteiger charge is 2.25. The molecular weight excluding hydrogens is 330 g/mol. The second-order valence-corrected chi connectivity index (χ2v) is 6.01. The topological polar surface area (TPSA) is 80.8 Å². The number of methoxy groups -OCH3 is 2. The third-order valence-electron chi connectivity index (χ3n) is 3.68. The highest BCUT2D eigenvalue weighted by Crippen LogP contribution is 2.39. The highest BCUT2D eigenvalue weighted by atomic mass is 32.1. The molecule has 1 saturated heterocycles. The lowest BCUT2D eigenvalue weighted by Gasteiger charge is -2.25. The molecule has 2 aromatic rings. The fraction of sp³-hybridized carbons (Fsp3) is 0.312. The Hall–Kier alpha value is -2.61. The van der Waals surface area contributed by atoms with Crippen LogP contribution in [0.2, 0.25) is 0 Å². The maximum Gasteiger partial charge on any atom is 0.273 e. The maximum absolute atomic E-state index is 12.5. The SMILES string of the molecule is COc1cccc(-c2nc(C(=O)N3CCNC(=O)C3)cs2)c1OC.